The van der Waals surface area contributed by atoms with E-state index in [1.54, 1.807) is 0 Å². The van der Waals surface area contributed by atoms with Gasteiger partial charge in [-0.1, -0.05) is 30.3 Å². The summed E-state index contributed by atoms with van der Waals surface area (Å²) >= 11 is 0. The Balaban J connectivity index is 2.55. The lowest BCUT2D eigenvalue weighted by Gasteiger charge is -2.12. The maximum atomic E-state index is 11.9. The molecule has 104 valence electrons. The predicted octanol–water partition coefficient (Wildman–Crippen LogP) is 1.50. The quantitative estimate of drug-likeness (QED) is 0.754. The monoisotopic (exact) mass is 284 g/mol. The molecule has 1 aromatic carbocycles. The number of hydrogen-bond donors (Lipinski definition) is 2. The molecule has 5 nitrogen and oxygen atoms in total. The van der Waals surface area contributed by atoms with E-state index in [9.17, 15) is 13.8 Å². The molecule has 0 amide bonds. The molecule has 0 spiro atoms. The first-order valence-corrected chi connectivity index (χ1v) is 7.28. The Morgan fingerprint density at radius 3 is 2.05 bits per heavy atom. The van der Waals surface area contributed by atoms with Gasteiger partial charge in [0.15, 0.2) is 0 Å². The van der Waals surface area contributed by atoms with Crippen LogP contribution in [-0.2, 0) is 26.1 Å². The van der Waals surface area contributed by atoms with Crippen LogP contribution in [0, 0.1) is 5.92 Å². The van der Waals surface area contributed by atoms with E-state index < -0.39 is 28.7 Å². The fraction of sp³-hybridized carbons (Fsp3) is 0.385. The van der Waals surface area contributed by atoms with Crippen LogP contribution in [0.25, 0.3) is 0 Å². The number of carboxylic acids is 2. The minimum absolute atomic E-state index is 0.0908. The highest BCUT2D eigenvalue weighted by Gasteiger charge is 2.19. The van der Waals surface area contributed by atoms with Gasteiger partial charge in [-0.2, -0.15) is 0 Å². The second kappa shape index (κ2) is 7.68. The zero-order valence-electron chi connectivity index (χ0n) is 10.3. The molecule has 0 fully saturated rings. The smallest absolute Gasteiger partial charge is 0.303 e. The topological polar surface area (TPSA) is 91.7 Å². The van der Waals surface area contributed by atoms with E-state index in [1.807, 2.05) is 30.3 Å². The molecule has 0 aliphatic carbocycles. The molecule has 6 heteroatoms. The second-order valence-electron chi connectivity index (χ2n) is 4.30. The Labute approximate surface area is 113 Å². The molecule has 1 aromatic rings. The summed E-state index contributed by atoms with van der Waals surface area (Å²) < 4.78 is 11.9. The van der Waals surface area contributed by atoms with Gasteiger partial charge in [0, 0.05) is 35.1 Å². The molecule has 0 radical (unpaired) electrons. The Morgan fingerprint density at radius 1 is 1.05 bits per heavy atom. The SMILES string of the molecule is O=C(O)CC(CC(=O)O)CS(=O)Cc1ccccc1. The Bertz CT molecular complexity index is 441. The lowest BCUT2D eigenvalue weighted by atomic mass is 10.0. The largest absolute Gasteiger partial charge is 0.481 e. The molecule has 2 N–H and O–H groups in total. The molecule has 0 saturated heterocycles. The van der Waals surface area contributed by atoms with Crippen LogP contribution in [-0.4, -0.2) is 32.1 Å². The molecule has 0 saturated carbocycles. The third kappa shape index (κ3) is 6.71. The van der Waals surface area contributed by atoms with Gasteiger partial charge in [-0.05, 0) is 11.5 Å². The van der Waals surface area contributed by atoms with Crippen molar-refractivity contribution >= 4 is 22.7 Å². The van der Waals surface area contributed by atoms with Gasteiger partial charge in [0.2, 0.25) is 0 Å². The maximum Gasteiger partial charge on any atom is 0.303 e. The molecular formula is C13H16O5S. The van der Waals surface area contributed by atoms with Crippen LogP contribution in [0.5, 0.6) is 0 Å². The summed E-state index contributed by atoms with van der Waals surface area (Å²) in [5.74, 6) is -2.32. The van der Waals surface area contributed by atoms with Crippen molar-refractivity contribution < 1.29 is 24.0 Å². The van der Waals surface area contributed by atoms with Gasteiger partial charge in [0.05, 0.1) is 0 Å². The Morgan fingerprint density at radius 2 is 1.58 bits per heavy atom. The molecule has 0 heterocycles. The number of rotatable bonds is 8. The van der Waals surface area contributed by atoms with Crippen molar-refractivity contribution in [2.45, 2.75) is 18.6 Å². The summed E-state index contributed by atoms with van der Waals surface area (Å²) in [6.07, 6.45) is -0.542. The van der Waals surface area contributed by atoms with Crippen LogP contribution in [0.3, 0.4) is 0 Å². The molecule has 19 heavy (non-hydrogen) atoms. The summed E-state index contributed by atoms with van der Waals surface area (Å²) in [5, 5.41) is 17.4. The van der Waals surface area contributed by atoms with Crippen LogP contribution in [0.2, 0.25) is 0 Å². The first-order chi connectivity index (χ1) is 8.97. The lowest BCUT2D eigenvalue weighted by Crippen LogP contribution is -2.19. The number of carboxylic acid groups (broad SMARTS) is 2. The van der Waals surface area contributed by atoms with Crippen LogP contribution in [0.15, 0.2) is 30.3 Å². The van der Waals surface area contributed by atoms with E-state index in [2.05, 4.69) is 0 Å². The third-order valence-corrected chi connectivity index (χ3v) is 4.02. The summed E-state index contributed by atoms with van der Waals surface area (Å²) in [6, 6.07) is 9.18. The molecular weight excluding hydrogens is 268 g/mol. The zero-order valence-corrected chi connectivity index (χ0v) is 11.1. The van der Waals surface area contributed by atoms with Crippen LogP contribution in [0.1, 0.15) is 18.4 Å². The summed E-state index contributed by atoms with van der Waals surface area (Å²) in [6.45, 7) is 0. The predicted molar refractivity (Wildman–Crippen MR) is 71.2 cm³/mol. The minimum atomic E-state index is -1.26. The number of hydrogen-bond acceptors (Lipinski definition) is 3. The van der Waals surface area contributed by atoms with Gasteiger partial charge in [0.25, 0.3) is 0 Å². The molecule has 0 aliphatic heterocycles. The molecule has 0 aliphatic rings. The molecule has 1 unspecified atom stereocenters. The summed E-state index contributed by atoms with van der Waals surface area (Å²) in [7, 11) is -1.26. The van der Waals surface area contributed by atoms with E-state index in [1.165, 1.54) is 0 Å². The van der Waals surface area contributed by atoms with Gasteiger partial charge in [0.1, 0.15) is 0 Å². The van der Waals surface area contributed by atoms with Crippen LogP contribution >= 0.6 is 0 Å². The molecule has 1 atom stereocenters. The van der Waals surface area contributed by atoms with Gasteiger partial charge in [-0.15, -0.1) is 0 Å². The van der Waals surface area contributed by atoms with Crippen molar-refractivity contribution in [3.8, 4) is 0 Å². The number of benzene rings is 1. The highest BCUT2D eigenvalue weighted by Crippen LogP contribution is 2.13. The molecule has 0 bridgehead atoms. The first-order valence-electron chi connectivity index (χ1n) is 5.80. The maximum absolute atomic E-state index is 11.9. The second-order valence-corrected chi connectivity index (χ2v) is 5.80. The van der Waals surface area contributed by atoms with E-state index in [0.717, 1.165) is 5.56 Å². The third-order valence-electron chi connectivity index (χ3n) is 2.52. The lowest BCUT2D eigenvalue weighted by molar-refractivity contribution is -0.140. The Kier molecular flexibility index (Phi) is 6.21. The minimum Gasteiger partial charge on any atom is -0.481 e. The van der Waals surface area contributed by atoms with E-state index in [-0.39, 0.29) is 18.6 Å². The van der Waals surface area contributed by atoms with Gasteiger partial charge in [-0.25, -0.2) is 0 Å². The Hall–Kier alpha value is -1.69. The highest BCUT2D eigenvalue weighted by atomic mass is 32.2. The van der Waals surface area contributed by atoms with Crippen molar-refractivity contribution in [1.29, 1.82) is 0 Å². The van der Waals surface area contributed by atoms with E-state index >= 15 is 0 Å². The summed E-state index contributed by atoms with van der Waals surface area (Å²) in [5.41, 5.74) is 0.894. The first kappa shape index (κ1) is 15.4. The zero-order chi connectivity index (χ0) is 14.3. The van der Waals surface area contributed by atoms with Gasteiger partial charge >= 0.3 is 11.9 Å². The average Bonchev–Trinajstić information content (AvgIpc) is 2.27. The molecule has 0 aromatic heterocycles. The van der Waals surface area contributed by atoms with Crippen molar-refractivity contribution in [2.24, 2.45) is 5.92 Å². The van der Waals surface area contributed by atoms with Crippen molar-refractivity contribution in [2.75, 3.05) is 5.75 Å². The average molecular weight is 284 g/mol. The van der Waals surface area contributed by atoms with Gasteiger partial charge in [-0.3, -0.25) is 13.8 Å². The van der Waals surface area contributed by atoms with E-state index in [0.29, 0.717) is 5.75 Å². The van der Waals surface area contributed by atoms with Crippen molar-refractivity contribution in [3.63, 3.8) is 0 Å². The number of carbonyl (C=O) groups is 2. The van der Waals surface area contributed by atoms with Crippen LogP contribution < -0.4 is 0 Å². The fourth-order valence-corrected chi connectivity index (χ4v) is 3.21. The highest BCUT2D eigenvalue weighted by molar-refractivity contribution is 7.84. The summed E-state index contributed by atoms with van der Waals surface area (Å²) in [4.78, 5) is 21.3. The van der Waals surface area contributed by atoms with Crippen LogP contribution in [0.4, 0.5) is 0 Å². The van der Waals surface area contributed by atoms with Crippen molar-refractivity contribution in [1.82, 2.24) is 0 Å². The van der Waals surface area contributed by atoms with Gasteiger partial charge < -0.3 is 10.2 Å². The van der Waals surface area contributed by atoms with E-state index in [4.69, 9.17) is 10.2 Å². The molecule has 1 rings (SSSR count). The van der Waals surface area contributed by atoms with Crippen molar-refractivity contribution in [3.05, 3.63) is 35.9 Å². The fourth-order valence-electron chi connectivity index (χ4n) is 1.77. The normalized spacial score (nSPS) is 12.3. The number of aliphatic carboxylic acids is 2. The standard InChI is InChI=1S/C13H16O5S/c14-12(15)6-11(7-13(16)17)9-19(18)8-10-4-2-1-3-5-10/h1-5,11H,6-9H2,(H,14,15)(H,16,17).